The van der Waals surface area contributed by atoms with E-state index in [-0.39, 0.29) is 24.4 Å². The van der Waals surface area contributed by atoms with E-state index in [2.05, 4.69) is 5.32 Å². The molecule has 2 aromatic rings. The van der Waals surface area contributed by atoms with Gasteiger partial charge in [-0.05, 0) is 55.0 Å². The molecule has 152 valence electrons. The van der Waals surface area contributed by atoms with Gasteiger partial charge >= 0.3 is 0 Å². The van der Waals surface area contributed by atoms with Crippen molar-refractivity contribution in [2.45, 2.75) is 46.6 Å². The first kappa shape index (κ1) is 22.0. The van der Waals surface area contributed by atoms with Crippen molar-refractivity contribution >= 4 is 21.6 Å². The van der Waals surface area contributed by atoms with Crippen LogP contribution in [0, 0.1) is 13.8 Å². The number of sulfonamides is 1. The van der Waals surface area contributed by atoms with Gasteiger partial charge in [0, 0.05) is 0 Å². The molecule has 5 nitrogen and oxygen atoms in total. The zero-order valence-electron chi connectivity index (χ0n) is 17.5. The summed E-state index contributed by atoms with van der Waals surface area (Å²) in [5.74, 6) is -0.201. The highest BCUT2D eigenvalue weighted by Crippen LogP contribution is 2.29. The van der Waals surface area contributed by atoms with E-state index in [1.54, 1.807) is 12.1 Å². The quantitative estimate of drug-likeness (QED) is 0.759. The number of carbonyl (C=O) groups excluding carboxylic acids is 1. The van der Waals surface area contributed by atoms with Crippen LogP contribution in [-0.2, 0) is 14.8 Å². The second-order valence-electron chi connectivity index (χ2n) is 7.62. The normalized spacial score (nSPS) is 12.7. The maximum atomic E-state index is 12.7. The number of nitrogens with zero attached hydrogens (tertiary/aromatic N) is 1. The lowest BCUT2D eigenvalue weighted by molar-refractivity contribution is -0.120. The summed E-state index contributed by atoms with van der Waals surface area (Å²) in [6.45, 7) is 9.72. The van der Waals surface area contributed by atoms with Crippen LogP contribution >= 0.6 is 0 Å². The predicted molar refractivity (Wildman–Crippen MR) is 115 cm³/mol. The summed E-state index contributed by atoms with van der Waals surface area (Å²) in [4.78, 5) is 12.7. The Morgan fingerprint density at radius 3 is 2.25 bits per heavy atom. The average molecular weight is 403 g/mol. The van der Waals surface area contributed by atoms with E-state index < -0.39 is 10.0 Å². The molecule has 2 rings (SSSR count). The fourth-order valence-corrected chi connectivity index (χ4v) is 3.99. The number of aryl methyl sites for hydroxylation is 2. The van der Waals surface area contributed by atoms with Gasteiger partial charge in [0.15, 0.2) is 0 Å². The summed E-state index contributed by atoms with van der Waals surface area (Å²) in [6, 6.07) is 13.1. The van der Waals surface area contributed by atoms with Gasteiger partial charge in [-0.2, -0.15) is 0 Å². The summed E-state index contributed by atoms with van der Waals surface area (Å²) in [5.41, 5.74) is 4.78. The number of carbonyl (C=O) groups is 1. The van der Waals surface area contributed by atoms with Gasteiger partial charge in [0.2, 0.25) is 15.9 Å². The summed E-state index contributed by atoms with van der Waals surface area (Å²) in [5, 5.41) is 2.92. The van der Waals surface area contributed by atoms with Crippen molar-refractivity contribution in [3.8, 4) is 0 Å². The van der Waals surface area contributed by atoms with E-state index in [1.807, 2.05) is 65.0 Å². The van der Waals surface area contributed by atoms with E-state index in [9.17, 15) is 13.2 Å². The molecule has 2 aromatic carbocycles. The van der Waals surface area contributed by atoms with Crippen LogP contribution in [0.15, 0.2) is 42.5 Å². The Hall–Kier alpha value is -2.34. The monoisotopic (exact) mass is 402 g/mol. The third-order valence-electron chi connectivity index (χ3n) is 4.92. The van der Waals surface area contributed by atoms with E-state index >= 15 is 0 Å². The number of rotatable bonds is 7. The van der Waals surface area contributed by atoms with Crippen LogP contribution < -0.4 is 9.62 Å². The molecule has 0 bridgehead atoms. The Morgan fingerprint density at radius 2 is 1.68 bits per heavy atom. The van der Waals surface area contributed by atoms with Gasteiger partial charge in [-0.3, -0.25) is 9.10 Å². The molecule has 0 saturated heterocycles. The zero-order valence-corrected chi connectivity index (χ0v) is 18.3. The van der Waals surface area contributed by atoms with Crippen molar-refractivity contribution in [3.63, 3.8) is 0 Å². The molecule has 0 fully saturated rings. The smallest absolute Gasteiger partial charge is 0.241 e. The summed E-state index contributed by atoms with van der Waals surface area (Å²) < 4.78 is 26.0. The van der Waals surface area contributed by atoms with Crippen LogP contribution in [0.4, 0.5) is 5.69 Å². The van der Waals surface area contributed by atoms with Gasteiger partial charge in [-0.25, -0.2) is 8.42 Å². The fourth-order valence-electron chi connectivity index (χ4n) is 3.12. The van der Waals surface area contributed by atoms with Crippen molar-refractivity contribution in [3.05, 3.63) is 64.7 Å². The number of hydrogen-bond acceptors (Lipinski definition) is 3. The second kappa shape index (κ2) is 8.78. The Morgan fingerprint density at radius 1 is 1.04 bits per heavy atom. The molecule has 0 heterocycles. The van der Waals surface area contributed by atoms with E-state index in [1.165, 1.54) is 9.87 Å². The third kappa shape index (κ3) is 5.35. The minimum Gasteiger partial charge on any atom is -0.348 e. The highest BCUT2D eigenvalue weighted by atomic mass is 32.2. The fraction of sp³-hybridized carbons (Fsp3) is 0.409. The van der Waals surface area contributed by atoms with Gasteiger partial charge in [-0.1, -0.05) is 50.2 Å². The lowest BCUT2D eigenvalue weighted by atomic mass is 10.0. The standard InChI is InChI=1S/C22H30N2O3S/c1-15(2)20-9-7-8-10-21(20)24(28(6,26)27)14-22(25)23-18(5)19-12-11-16(3)17(4)13-19/h7-13,15,18H,14H2,1-6H3,(H,23,25). The van der Waals surface area contributed by atoms with Crippen molar-refractivity contribution in [1.82, 2.24) is 5.32 Å². The molecule has 0 aliphatic heterocycles. The molecule has 28 heavy (non-hydrogen) atoms. The molecule has 6 heteroatoms. The van der Waals surface area contributed by atoms with Gasteiger partial charge < -0.3 is 5.32 Å². The maximum absolute atomic E-state index is 12.7. The molecule has 0 aliphatic carbocycles. The lowest BCUT2D eigenvalue weighted by Crippen LogP contribution is -2.41. The summed E-state index contributed by atoms with van der Waals surface area (Å²) >= 11 is 0. The molecule has 1 N–H and O–H groups in total. The first-order chi connectivity index (χ1) is 13.0. The molecule has 0 spiro atoms. The molecule has 0 radical (unpaired) electrons. The lowest BCUT2D eigenvalue weighted by Gasteiger charge is -2.26. The Bertz CT molecular complexity index is 952. The largest absolute Gasteiger partial charge is 0.348 e. The molecule has 1 unspecified atom stereocenters. The van der Waals surface area contributed by atoms with Crippen LogP contribution in [0.2, 0.25) is 0 Å². The van der Waals surface area contributed by atoms with Crippen LogP contribution in [0.3, 0.4) is 0 Å². The molecular weight excluding hydrogens is 372 g/mol. The number of nitrogens with one attached hydrogen (secondary N) is 1. The Kier molecular flexibility index (Phi) is 6.88. The first-order valence-corrected chi connectivity index (χ1v) is 11.3. The Labute approximate surface area is 168 Å². The van der Waals surface area contributed by atoms with Gasteiger partial charge in [0.05, 0.1) is 18.0 Å². The third-order valence-corrected chi connectivity index (χ3v) is 6.05. The average Bonchev–Trinajstić information content (AvgIpc) is 2.61. The number of anilines is 1. The van der Waals surface area contributed by atoms with Gasteiger partial charge in [-0.15, -0.1) is 0 Å². The van der Waals surface area contributed by atoms with Crippen molar-refractivity contribution in [1.29, 1.82) is 0 Å². The van der Waals surface area contributed by atoms with Crippen LogP contribution in [-0.4, -0.2) is 27.1 Å². The van der Waals surface area contributed by atoms with Crippen molar-refractivity contribution in [2.75, 3.05) is 17.1 Å². The van der Waals surface area contributed by atoms with E-state index in [0.29, 0.717) is 5.69 Å². The number of amides is 1. The van der Waals surface area contributed by atoms with E-state index in [4.69, 9.17) is 0 Å². The second-order valence-corrected chi connectivity index (χ2v) is 9.52. The number of para-hydroxylation sites is 1. The number of hydrogen-bond donors (Lipinski definition) is 1. The van der Waals surface area contributed by atoms with Crippen LogP contribution in [0.1, 0.15) is 55.0 Å². The van der Waals surface area contributed by atoms with E-state index in [0.717, 1.165) is 22.9 Å². The highest BCUT2D eigenvalue weighted by molar-refractivity contribution is 7.92. The van der Waals surface area contributed by atoms with Crippen LogP contribution in [0.25, 0.3) is 0 Å². The zero-order chi connectivity index (χ0) is 21.1. The van der Waals surface area contributed by atoms with Crippen LogP contribution in [0.5, 0.6) is 0 Å². The van der Waals surface area contributed by atoms with Crippen molar-refractivity contribution in [2.24, 2.45) is 0 Å². The number of benzene rings is 2. The predicted octanol–water partition coefficient (Wildman–Crippen LogP) is 4.07. The summed E-state index contributed by atoms with van der Waals surface area (Å²) in [7, 11) is -3.61. The molecule has 0 saturated carbocycles. The Balaban J connectivity index is 2.24. The molecule has 0 aromatic heterocycles. The first-order valence-electron chi connectivity index (χ1n) is 9.44. The minimum atomic E-state index is -3.61. The van der Waals surface area contributed by atoms with Crippen molar-refractivity contribution < 1.29 is 13.2 Å². The van der Waals surface area contributed by atoms with Gasteiger partial charge in [0.25, 0.3) is 0 Å². The molecule has 1 atom stereocenters. The molecular formula is C22H30N2O3S. The van der Waals surface area contributed by atoms with Gasteiger partial charge in [0.1, 0.15) is 6.54 Å². The molecule has 1 amide bonds. The highest BCUT2D eigenvalue weighted by Gasteiger charge is 2.24. The SMILES string of the molecule is Cc1ccc(C(C)NC(=O)CN(c2ccccc2C(C)C)S(C)(=O)=O)cc1C. The topological polar surface area (TPSA) is 66.5 Å². The minimum absolute atomic E-state index is 0.137. The summed E-state index contributed by atoms with van der Waals surface area (Å²) in [6.07, 6.45) is 1.13. The molecule has 0 aliphatic rings. The maximum Gasteiger partial charge on any atom is 0.241 e.